The van der Waals surface area contributed by atoms with Crippen molar-refractivity contribution < 1.29 is 19.1 Å². The van der Waals surface area contributed by atoms with Gasteiger partial charge in [-0.2, -0.15) is 0 Å². The molecule has 10 nitrogen and oxygen atoms in total. The molecule has 2 saturated heterocycles. The smallest absolute Gasteiger partial charge is 0.323 e. The van der Waals surface area contributed by atoms with Crippen LogP contribution in [0.2, 0.25) is 0 Å². The van der Waals surface area contributed by atoms with E-state index in [1.54, 1.807) is 13.2 Å². The Labute approximate surface area is 253 Å². The molecule has 5 rings (SSSR count). The predicted octanol–water partition coefficient (Wildman–Crippen LogP) is 4.43. The summed E-state index contributed by atoms with van der Waals surface area (Å²) >= 11 is 0. The maximum absolute atomic E-state index is 13.6. The van der Waals surface area contributed by atoms with Gasteiger partial charge in [-0.1, -0.05) is 30.3 Å². The van der Waals surface area contributed by atoms with Crippen molar-refractivity contribution in [1.82, 2.24) is 10.2 Å². The van der Waals surface area contributed by atoms with Crippen LogP contribution in [-0.4, -0.2) is 89.5 Å². The third-order valence-corrected chi connectivity index (χ3v) is 7.98. The highest BCUT2D eigenvalue weighted by molar-refractivity contribution is 6.04. The molecule has 2 fully saturated rings. The number of aryl methyl sites for hydroxylation is 1. The van der Waals surface area contributed by atoms with Crippen molar-refractivity contribution in [2.45, 2.75) is 13.3 Å². The molecule has 10 heteroatoms. The van der Waals surface area contributed by atoms with Gasteiger partial charge in [0.2, 0.25) is 0 Å². The second kappa shape index (κ2) is 14.8. The zero-order valence-corrected chi connectivity index (χ0v) is 25.1. The van der Waals surface area contributed by atoms with Gasteiger partial charge in [0, 0.05) is 62.9 Å². The third kappa shape index (κ3) is 7.97. The van der Waals surface area contributed by atoms with Crippen LogP contribution in [-0.2, 0) is 4.74 Å². The quantitative estimate of drug-likeness (QED) is 0.303. The van der Waals surface area contributed by atoms with Crippen molar-refractivity contribution in [3.63, 3.8) is 0 Å². The molecule has 0 unspecified atom stereocenters. The number of amides is 3. The number of hydrogen-bond acceptors (Lipinski definition) is 7. The number of rotatable bonds is 10. The Bertz CT molecular complexity index is 1390. The molecular weight excluding hydrogens is 544 g/mol. The van der Waals surface area contributed by atoms with Crippen molar-refractivity contribution in [3.8, 4) is 5.75 Å². The number of carbonyl (C=O) groups is 2. The molecule has 3 amide bonds. The van der Waals surface area contributed by atoms with E-state index >= 15 is 0 Å². The molecule has 0 spiro atoms. The van der Waals surface area contributed by atoms with Crippen LogP contribution in [0.25, 0.3) is 0 Å². The molecule has 3 N–H and O–H groups in total. The van der Waals surface area contributed by atoms with Gasteiger partial charge < -0.3 is 35.2 Å². The lowest BCUT2D eigenvalue weighted by Gasteiger charge is -2.38. The molecule has 2 heterocycles. The number of morpholine rings is 1. The number of ether oxygens (including phenoxy) is 2. The summed E-state index contributed by atoms with van der Waals surface area (Å²) in [6.07, 6.45) is 0.857. The molecule has 3 aromatic rings. The van der Waals surface area contributed by atoms with Crippen LogP contribution in [0, 0.1) is 6.92 Å². The molecule has 0 atom stereocenters. The molecule has 2 aliphatic rings. The molecule has 0 aromatic heterocycles. The first kappa shape index (κ1) is 30.2. The SMILES string of the molecule is COc1ccccc1N1CCN(c2ccc(NC(=O)Nc3ccccc3C)cc2C(=O)NCCCN2CCOCC2)CC1. The van der Waals surface area contributed by atoms with Gasteiger partial charge in [0.05, 0.1) is 31.6 Å². The Hall–Kier alpha value is -4.28. The number of para-hydroxylation sites is 3. The van der Waals surface area contributed by atoms with Gasteiger partial charge in [0.1, 0.15) is 5.75 Å². The fourth-order valence-corrected chi connectivity index (χ4v) is 5.57. The fraction of sp³-hybridized carbons (Fsp3) is 0.394. The first-order valence-corrected chi connectivity index (χ1v) is 15.0. The second-order valence-corrected chi connectivity index (χ2v) is 10.8. The number of methoxy groups -OCH3 is 1. The number of piperazine rings is 1. The van der Waals surface area contributed by atoms with Crippen LogP contribution in [0.1, 0.15) is 22.3 Å². The molecule has 228 valence electrons. The Kier molecular flexibility index (Phi) is 10.4. The monoisotopic (exact) mass is 586 g/mol. The zero-order chi connectivity index (χ0) is 30.0. The Morgan fingerprint density at radius 1 is 0.837 bits per heavy atom. The molecule has 43 heavy (non-hydrogen) atoms. The molecule has 0 saturated carbocycles. The van der Waals surface area contributed by atoms with E-state index in [2.05, 4.69) is 36.7 Å². The Morgan fingerprint density at radius 3 is 2.28 bits per heavy atom. The number of nitrogens with zero attached hydrogens (tertiary/aromatic N) is 3. The number of anilines is 4. The minimum absolute atomic E-state index is 0.146. The lowest BCUT2D eigenvalue weighted by Crippen LogP contribution is -2.47. The number of benzene rings is 3. The number of hydrogen-bond donors (Lipinski definition) is 3. The standard InChI is InChI=1S/C33H42N6O4/c1-25-8-3-4-9-28(25)36-33(41)35-26-12-13-29(27(24-26)32(40)34-14-7-15-37-20-22-43-23-21-37)38-16-18-39(19-17-38)30-10-5-6-11-31(30)42-2/h3-6,8-13,24H,7,14-23H2,1-2H3,(H,34,40)(H2,35,36,41). The molecule has 0 radical (unpaired) electrons. The van der Waals surface area contributed by atoms with Crippen LogP contribution in [0.15, 0.2) is 66.7 Å². The minimum Gasteiger partial charge on any atom is -0.495 e. The first-order valence-electron chi connectivity index (χ1n) is 15.0. The van der Waals surface area contributed by atoms with Crippen LogP contribution < -0.4 is 30.5 Å². The largest absolute Gasteiger partial charge is 0.495 e. The van der Waals surface area contributed by atoms with Gasteiger partial charge in [-0.3, -0.25) is 9.69 Å². The molecular formula is C33H42N6O4. The summed E-state index contributed by atoms with van der Waals surface area (Å²) in [5.41, 5.74) is 4.74. The van der Waals surface area contributed by atoms with Gasteiger partial charge in [-0.05, 0) is 61.9 Å². The number of urea groups is 1. The summed E-state index contributed by atoms with van der Waals surface area (Å²) in [4.78, 5) is 33.3. The van der Waals surface area contributed by atoms with Crippen molar-refractivity contribution >= 4 is 34.7 Å². The van der Waals surface area contributed by atoms with E-state index in [-0.39, 0.29) is 11.9 Å². The van der Waals surface area contributed by atoms with Crippen LogP contribution >= 0.6 is 0 Å². The van der Waals surface area contributed by atoms with Gasteiger partial charge in [0.25, 0.3) is 5.91 Å². The van der Waals surface area contributed by atoms with E-state index in [1.807, 2.05) is 61.5 Å². The third-order valence-electron chi connectivity index (χ3n) is 7.98. The maximum atomic E-state index is 13.6. The molecule has 0 aliphatic carbocycles. The van der Waals surface area contributed by atoms with Gasteiger partial charge in [-0.15, -0.1) is 0 Å². The van der Waals surface area contributed by atoms with Crippen molar-refractivity contribution in [3.05, 3.63) is 77.9 Å². The highest BCUT2D eigenvalue weighted by Crippen LogP contribution is 2.31. The summed E-state index contributed by atoms with van der Waals surface area (Å²) in [6, 6.07) is 20.9. The highest BCUT2D eigenvalue weighted by atomic mass is 16.5. The van der Waals surface area contributed by atoms with Crippen molar-refractivity contribution in [2.24, 2.45) is 0 Å². The second-order valence-electron chi connectivity index (χ2n) is 10.8. The maximum Gasteiger partial charge on any atom is 0.323 e. The Balaban J connectivity index is 1.27. The van der Waals surface area contributed by atoms with Gasteiger partial charge >= 0.3 is 6.03 Å². The Morgan fingerprint density at radius 2 is 1.53 bits per heavy atom. The normalized spacial score (nSPS) is 15.6. The summed E-state index contributed by atoms with van der Waals surface area (Å²) in [7, 11) is 1.69. The van der Waals surface area contributed by atoms with Gasteiger partial charge in [-0.25, -0.2) is 4.79 Å². The summed E-state index contributed by atoms with van der Waals surface area (Å²) < 4.78 is 11.0. The van der Waals surface area contributed by atoms with E-state index in [4.69, 9.17) is 9.47 Å². The summed E-state index contributed by atoms with van der Waals surface area (Å²) in [6.45, 7) is 9.89. The van der Waals surface area contributed by atoms with Gasteiger partial charge in [0.15, 0.2) is 0 Å². The van der Waals surface area contributed by atoms with Crippen molar-refractivity contribution in [2.75, 3.05) is 93.1 Å². The number of carbonyl (C=O) groups excluding carboxylic acids is 2. The summed E-state index contributed by atoms with van der Waals surface area (Å²) in [5.74, 6) is 0.708. The topological polar surface area (TPSA) is 98.4 Å². The zero-order valence-electron chi connectivity index (χ0n) is 25.1. The average molecular weight is 587 g/mol. The van der Waals surface area contributed by atoms with Crippen molar-refractivity contribution in [1.29, 1.82) is 0 Å². The average Bonchev–Trinajstić information content (AvgIpc) is 3.04. The molecule has 0 bridgehead atoms. The molecule has 3 aromatic carbocycles. The van der Waals surface area contributed by atoms with Crippen LogP contribution in [0.4, 0.5) is 27.5 Å². The number of nitrogens with one attached hydrogen (secondary N) is 3. The van der Waals surface area contributed by atoms with E-state index in [9.17, 15) is 9.59 Å². The van der Waals surface area contributed by atoms with Crippen LogP contribution in [0.5, 0.6) is 5.75 Å². The first-order chi connectivity index (χ1) is 21.0. The van der Waals surface area contributed by atoms with E-state index < -0.39 is 0 Å². The highest BCUT2D eigenvalue weighted by Gasteiger charge is 2.24. The fourth-order valence-electron chi connectivity index (χ4n) is 5.57. The van der Waals surface area contributed by atoms with Crippen LogP contribution in [0.3, 0.4) is 0 Å². The van der Waals surface area contributed by atoms with E-state index in [1.165, 1.54) is 0 Å². The molecule has 2 aliphatic heterocycles. The lowest BCUT2D eigenvalue weighted by atomic mass is 10.1. The lowest BCUT2D eigenvalue weighted by molar-refractivity contribution is 0.0374. The predicted molar refractivity (Wildman–Crippen MR) is 172 cm³/mol. The summed E-state index contributed by atoms with van der Waals surface area (Å²) in [5, 5.41) is 8.92. The van der Waals surface area contributed by atoms with E-state index in [0.29, 0.717) is 17.8 Å². The van der Waals surface area contributed by atoms with E-state index in [0.717, 1.165) is 93.8 Å². The minimum atomic E-state index is -0.357.